The minimum absolute atomic E-state index is 0.169. The smallest absolute Gasteiger partial charge is 0.231 e. The zero-order chi connectivity index (χ0) is 14.8. The van der Waals surface area contributed by atoms with E-state index in [0.29, 0.717) is 41.2 Å². The van der Waals surface area contributed by atoms with E-state index in [2.05, 4.69) is 9.97 Å². The van der Waals surface area contributed by atoms with Crippen LogP contribution in [-0.4, -0.2) is 31.0 Å². The van der Waals surface area contributed by atoms with E-state index in [1.165, 1.54) is 0 Å². The second kappa shape index (κ2) is 5.45. The summed E-state index contributed by atoms with van der Waals surface area (Å²) in [6.07, 6.45) is 0. The highest BCUT2D eigenvalue weighted by Crippen LogP contribution is 2.43. The largest absolute Gasteiger partial charge is 0.493 e. The van der Waals surface area contributed by atoms with E-state index < -0.39 is 0 Å². The van der Waals surface area contributed by atoms with E-state index in [0.717, 1.165) is 5.56 Å². The van der Waals surface area contributed by atoms with Gasteiger partial charge in [0.2, 0.25) is 12.5 Å². The van der Waals surface area contributed by atoms with Crippen LogP contribution < -0.4 is 19.9 Å². The normalized spacial score (nSPS) is 12.5. The number of ether oxygens (including phenoxy) is 4. The summed E-state index contributed by atoms with van der Waals surface area (Å²) in [6, 6.07) is 5.27. The average molecular weight is 289 g/mol. The van der Waals surface area contributed by atoms with Gasteiger partial charge in [-0.2, -0.15) is 0 Å². The fourth-order valence-electron chi connectivity index (χ4n) is 2.13. The number of fused-ring (bicyclic) bond motifs is 1. The number of nitrogens with zero attached hydrogens (tertiary/aromatic N) is 2. The van der Waals surface area contributed by atoms with Gasteiger partial charge in [0.15, 0.2) is 17.3 Å². The van der Waals surface area contributed by atoms with Crippen molar-refractivity contribution in [3.8, 4) is 28.6 Å². The number of aromatic nitrogens is 2. The Bertz CT molecular complexity index is 676. The maximum Gasteiger partial charge on any atom is 0.231 e. The van der Waals surface area contributed by atoms with Crippen molar-refractivity contribution in [1.82, 2.24) is 9.97 Å². The average Bonchev–Trinajstić information content (AvgIpc) is 2.94. The van der Waals surface area contributed by atoms with Gasteiger partial charge in [-0.15, -0.1) is 0 Å². The Morgan fingerprint density at radius 2 is 2.05 bits per heavy atom. The van der Waals surface area contributed by atoms with Crippen molar-refractivity contribution in [2.24, 2.45) is 0 Å². The lowest BCUT2D eigenvalue weighted by atomic mass is 10.1. The lowest BCUT2D eigenvalue weighted by Gasteiger charge is -2.09. The molecule has 0 saturated carbocycles. The molecule has 110 valence electrons. The van der Waals surface area contributed by atoms with Crippen LogP contribution in [0, 0.1) is 0 Å². The molecule has 0 aliphatic carbocycles. The van der Waals surface area contributed by atoms with Crippen LogP contribution >= 0.6 is 0 Å². The summed E-state index contributed by atoms with van der Waals surface area (Å²) >= 11 is 0. The lowest BCUT2D eigenvalue weighted by molar-refractivity contribution is 0.171. The van der Waals surface area contributed by atoms with Gasteiger partial charge in [-0.1, -0.05) is 0 Å². The van der Waals surface area contributed by atoms with Crippen molar-refractivity contribution in [2.75, 3.05) is 26.7 Å². The summed E-state index contributed by atoms with van der Waals surface area (Å²) < 4.78 is 21.2. The highest BCUT2D eigenvalue weighted by atomic mass is 16.7. The minimum Gasteiger partial charge on any atom is -0.493 e. The molecule has 7 heteroatoms. The third kappa shape index (κ3) is 2.55. The summed E-state index contributed by atoms with van der Waals surface area (Å²) in [7, 11) is 3.17. The van der Waals surface area contributed by atoms with Crippen LogP contribution in [0.15, 0.2) is 18.2 Å². The van der Waals surface area contributed by atoms with Crippen LogP contribution in [0.3, 0.4) is 0 Å². The van der Waals surface area contributed by atoms with Gasteiger partial charge in [-0.25, -0.2) is 9.97 Å². The van der Waals surface area contributed by atoms with E-state index in [1.807, 2.05) is 0 Å². The van der Waals surface area contributed by atoms with E-state index in [9.17, 15) is 0 Å². The molecule has 0 spiro atoms. The molecule has 1 aliphatic rings. The summed E-state index contributed by atoms with van der Waals surface area (Å²) in [5.41, 5.74) is 7.26. The standard InChI is InChI=1S/C14H15N3O4/c1-18-6-9-5-12(15)17-14(16-9)8-3-10(19-2)13-11(4-8)20-7-21-13/h3-5H,6-7H2,1-2H3,(H2,15,16,17). The number of hydrogen-bond donors (Lipinski definition) is 1. The summed E-state index contributed by atoms with van der Waals surface area (Å²) in [5, 5.41) is 0. The zero-order valence-corrected chi connectivity index (χ0v) is 11.8. The quantitative estimate of drug-likeness (QED) is 0.914. The molecule has 0 atom stereocenters. The minimum atomic E-state index is 0.169. The Labute approximate surface area is 121 Å². The monoisotopic (exact) mass is 289 g/mol. The fraction of sp³-hybridized carbons (Fsp3) is 0.286. The highest BCUT2D eigenvalue weighted by molar-refractivity contribution is 5.68. The molecule has 0 unspecified atom stereocenters. The molecule has 2 aromatic rings. The van der Waals surface area contributed by atoms with Gasteiger partial charge in [0.1, 0.15) is 5.82 Å². The van der Waals surface area contributed by atoms with Crippen molar-refractivity contribution in [3.63, 3.8) is 0 Å². The van der Waals surface area contributed by atoms with Gasteiger partial charge in [0.05, 0.1) is 19.4 Å². The molecule has 1 aromatic carbocycles. The molecule has 0 bridgehead atoms. The third-order valence-electron chi connectivity index (χ3n) is 3.01. The van der Waals surface area contributed by atoms with E-state index in [4.69, 9.17) is 24.7 Å². The molecule has 0 amide bonds. The van der Waals surface area contributed by atoms with Gasteiger partial charge < -0.3 is 24.7 Å². The van der Waals surface area contributed by atoms with E-state index in [-0.39, 0.29) is 6.79 Å². The maximum absolute atomic E-state index is 5.82. The van der Waals surface area contributed by atoms with Crippen LogP contribution in [0.4, 0.5) is 5.82 Å². The number of methoxy groups -OCH3 is 2. The number of hydrogen-bond acceptors (Lipinski definition) is 7. The van der Waals surface area contributed by atoms with Crippen molar-refractivity contribution in [1.29, 1.82) is 0 Å². The summed E-state index contributed by atoms with van der Waals surface area (Å²) in [6.45, 7) is 0.531. The van der Waals surface area contributed by atoms with Crippen molar-refractivity contribution in [3.05, 3.63) is 23.9 Å². The third-order valence-corrected chi connectivity index (χ3v) is 3.01. The van der Waals surface area contributed by atoms with Crippen LogP contribution in [0.5, 0.6) is 17.2 Å². The molecule has 3 rings (SSSR count). The molecule has 1 aliphatic heterocycles. The van der Waals surface area contributed by atoms with Crippen LogP contribution in [-0.2, 0) is 11.3 Å². The van der Waals surface area contributed by atoms with Gasteiger partial charge in [-0.05, 0) is 12.1 Å². The predicted molar refractivity (Wildman–Crippen MR) is 75.3 cm³/mol. The SMILES string of the molecule is COCc1cc(N)nc(-c2cc(OC)c3c(c2)OCO3)n1. The number of rotatable bonds is 4. The van der Waals surface area contributed by atoms with Gasteiger partial charge in [0, 0.05) is 18.7 Å². The Kier molecular flexibility index (Phi) is 3.49. The van der Waals surface area contributed by atoms with Crippen molar-refractivity contribution >= 4 is 5.82 Å². The maximum atomic E-state index is 5.82. The molecule has 0 radical (unpaired) electrons. The molecule has 21 heavy (non-hydrogen) atoms. The first-order valence-corrected chi connectivity index (χ1v) is 6.31. The number of benzene rings is 1. The molecule has 7 nitrogen and oxygen atoms in total. The molecular weight excluding hydrogens is 274 g/mol. The molecule has 2 heterocycles. The Hall–Kier alpha value is -2.54. The fourth-order valence-corrected chi connectivity index (χ4v) is 2.13. The van der Waals surface area contributed by atoms with Crippen LogP contribution in [0.1, 0.15) is 5.69 Å². The van der Waals surface area contributed by atoms with Crippen LogP contribution in [0.2, 0.25) is 0 Å². The topological polar surface area (TPSA) is 88.7 Å². The predicted octanol–water partition coefficient (Wildman–Crippen LogP) is 1.61. The van der Waals surface area contributed by atoms with E-state index >= 15 is 0 Å². The number of nitrogens with two attached hydrogens (primary N) is 1. The van der Waals surface area contributed by atoms with Gasteiger partial charge in [0.25, 0.3) is 0 Å². The Balaban J connectivity index is 2.08. The Morgan fingerprint density at radius 3 is 2.81 bits per heavy atom. The van der Waals surface area contributed by atoms with Crippen LogP contribution in [0.25, 0.3) is 11.4 Å². The van der Waals surface area contributed by atoms with Crippen molar-refractivity contribution < 1.29 is 18.9 Å². The second-order valence-electron chi connectivity index (χ2n) is 4.45. The summed E-state index contributed by atoms with van der Waals surface area (Å²) in [5.74, 6) is 2.62. The molecular formula is C14H15N3O4. The zero-order valence-electron chi connectivity index (χ0n) is 11.8. The van der Waals surface area contributed by atoms with Gasteiger partial charge in [-0.3, -0.25) is 0 Å². The highest BCUT2D eigenvalue weighted by Gasteiger charge is 2.21. The first-order valence-electron chi connectivity index (χ1n) is 6.31. The van der Waals surface area contributed by atoms with Crippen molar-refractivity contribution in [2.45, 2.75) is 6.61 Å². The molecule has 0 saturated heterocycles. The second-order valence-corrected chi connectivity index (χ2v) is 4.45. The molecule has 0 fully saturated rings. The number of nitrogen functional groups attached to an aromatic ring is 1. The molecule has 1 aromatic heterocycles. The first kappa shape index (κ1) is 13.4. The Morgan fingerprint density at radius 1 is 1.19 bits per heavy atom. The molecule has 2 N–H and O–H groups in total. The van der Waals surface area contributed by atoms with Gasteiger partial charge >= 0.3 is 0 Å². The number of anilines is 1. The lowest BCUT2D eigenvalue weighted by Crippen LogP contribution is -2.01. The summed E-state index contributed by atoms with van der Waals surface area (Å²) in [4.78, 5) is 8.67. The first-order chi connectivity index (χ1) is 10.2. The van der Waals surface area contributed by atoms with E-state index in [1.54, 1.807) is 32.4 Å².